The number of aliphatic hydroxyl groups excluding tert-OH is 2. The molecule has 2 saturated carbocycles. The highest BCUT2D eigenvalue weighted by atomic mass is 32.2. The Morgan fingerprint density at radius 3 is 1.62 bits per heavy atom. The van der Waals surface area contributed by atoms with E-state index in [9.17, 15) is 23.8 Å². The Labute approximate surface area is 411 Å². The largest absolute Gasteiger partial charge is 0.390 e. The van der Waals surface area contributed by atoms with E-state index in [2.05, 4.69) is 66.5 Å². The predicted molar refractivity (Wildman–Crippen MR) is 280 cm³/mol. The molecule has 0 spiro atoms. The standard InChI is InChI=1S/C29H31FN2OS2.C26H25FN2O2.CH4.H3P/c1-28-18-20-19-31-32(24-13-11-23(30)12-14-24)26(20)17-22(28)9-5-10-25(28)27(33)29(34-15-6-16-35-29)21-7-3-2-4-8-21;1-26-15-18-16-28-29(21-12-10-20(27)11-13-21)23(18)14-19(26)8-5-9-22(26)25(31)24(30)17-6-3-2-4-7-17;;/h2-4,7-8,11-14,17,19,25,27,33H,5-6,9-10,15-16,18H2,1H3;2-4,6-7,10-14,16,22,25,31H,5,8-9,15H2,1H3;1H4;1H3/t25-,27-,28+;22-,25-,26+;;/m11../s1. The van der Waals surface area contributed by atoms with Crippen molar-refractivity contribution in [3.05, 3.63) is 178 Å². The topological polar surface area (TPSA) is 93.2 Å². The Kier molecular flexibility index (Phi) is 14.9. The Morgan fingerprint density at radius 1 is 0.662 bits per heavy atom. The number of thioether (sulfide) groups is 2. The number of fused-ring (bicyclic) bond motifs is 4. The first-order chi connectivity index (χ1) is 32.0. The van der Waals surface area contributed by atoms with Gasteiger partial charge in [-0.2, -0.15) is 20.1 Å². The molecule has 1 saturated heterocycles. The second-order valence-electron chi connectivity index (χ2n) is 19.1. The fourth-order valence-electron chi connectivity index (χ4n) is 11.7. The van der Waals surface area contributed by atoms with E-state index in [1.54, 1.807) is 36.4 Å². The van der Waals surface area contributed by atoms with Crippen molar-refractivity contribution in [1.82, 2.24) is 19.6 Å². The minimum absolute atomic E-state index is 0. The predicted octanol–water partition coefficient (Wildman–Crippen LogP) is 12.5. The number of Topliss-reactive ketones (excluding diaryl/α,β-unsaturated/α-hetero) is 1. The highest BCUT2D eigenvalue weighted by molar-refractivity contribution is 8.18. The number of carbonyl (C=O) groups excluding carboxylic acids is 1. The summed E-state index contributed by atoms with van der Waals surface area (Å²) in [6.45, 7) is 4.53. The van der Waals surface area contributed by atoms with Crippen molar-refractivity contribution in [3.8, 4) is 11.4 Å². The highest BCUT2D eigenvalue weighted by Crippen LogP contribution is 2.61. The van der Waals surface area contributed by atoms with Gasteiger partial charge in [0.15, 0.2) is 5.78 Å². The molecule has 1 unspecified atom stereocenters. The lowest BCUT2D eigenvalue weighted by atomic mass is 9.57. The Bertz CT molecular complexity index is 2770. The first kappa shape index (κ1) is 49.8. The lowest BCUT2D eigenvalue weighted by molar-refractivity contribution is 0.0147. The molecule has 4 aliphatic carbocycles. The molecule has 68 heavy (non-hydrogen) atoms. The van der Waals surface area contributed by atoms with Gasteiger partial charge in [-0.15, -0.1) is 23.5 Å². The molecule has 0 bridgehead atoms. The van der Waals surface area contributed by atoms with Crippen LogP contribution in [0, 0.1) is 34.3 Å². The maximum atomic E-state index is 13.5. The Morgan fingerprint density at radius 2 is 1.12 bits per heavy atom. The maximum Gasteiger partial charge on any atom is 0.191 e. The van der Waals surface area contributed by atoms with Crippen molar-refractivity contribution in [2.24, 2.45) is 22.7 Å². The molecule has 5 aliphatic rings. The summed E-state index contributed by atoms with van der Waals surface area (Å²) in [6, 6.07) is 32.6. The zero-order valence-electron chi connectivity index (χ0n) is 38.2. The van der Waals surface area contributed by atoms with Crippen molar-refractivity contribution in [3.63, 3.8) is 0 Å². The van der Waals surface area contributed by atoms with Crippen LogP contribution in [0.4, 0.5) is 8.78 Å². The summed E-state index contributed by atoms with van der Waals surface area (Å²) in [5.41, 5.74) is 10.1. The lowest BCUT2D eigenvalue weighted by Gasteiger charge is -2.52. The van der Waals surface area contributed by atoms with E-state index < -0.39 is 12.2 Å². The van der Waals surface area contributed by atoms with Crippen LogP contribution in [-0.2, 0) is 16.9 Å². The molecule has 2 aromatic heterocycles. The van der Waals surface area contributed by atoms with Gasteiger partial charge in [-0.25, -0.2) is 18.1 Å². The summed E-state index contributed by atoms with van der Waals surface area (Å²) >= 11 is 3.88. The first-order valence-corrected chi connectivity index (χ1v) is 25.3. The molecule has 1 aliphatic heterocycles. The van der Waals surface area contributed by atoms with Crippen molar-refractivity contribution >= 4 is 51.4 Å². The van der Waals surface area contributed by atoms with Gasteiger partial charge in [0.2, 0.25) is 0 Å². The molecular weight excluding hydrogens is 910 g/mol. The van der Waals surface area contributed by atoms with E-state index in [-0.39, 0.29) is 61.5 Å². The van der Waals surface area contributed by atoms with E-state index in [0.717, 1.165) is 91.2 Å². The number of hydrogen-bond acceptors (Lipinski definition) is 7. The number of allylic oxidation sites excluding steroid dienone is 2. The molecular formula is C56H63F2N4O3PS2. The average Bonchev–Trinajstić information content (AvgIpc) is 3.95. The van der Waals surface area contributed by atoms with Crippen LogP contribution >= 0.6 is 33.4 Å². The number of aromatic nitrogens is 4. The molecule has 3 fully saturated rings. The Balaban J connectivity index is 0.000000180. The normalized spacial score (nSPS) is 24.3. The summed E-state index contributed by atoms with van der Waals surface area (Å²) in [7, 11) is 0. The number of ketones is 1. The second kappa shape index (κ2) is 20.4. The van der Waals surface area contributed by atoms with E-state index in [1.807, 2.05) is 63.5 Å². The molecule has 6 aromatic rings. The molecule has 0 amide bonds. The van der Waals surface area contributed by atoms with Crippen LogP contribution in [0.15, 0.2) is 133 Å². The fraction of sp³-hybridized carbons (Fsp3) is 0.375. The molecule has 12 heteroatoms. The van der Waals surface area contributed by atoms with E-state index in [4.69, 9.17) is 0 Å². The number of rotatable bonds is 8. The van der Waals surface area contributed by atoms with Crippen LogP contribution < -0.4 is 0 Å². The van der Waals surface area contributed by atoms with Gasteiger partial charge in [0, 0.05) is 11.5 Å². The van der Waals surface area contributed by atoms with Crippen molar-refractivity contribution in [2.75, 3.05) is 11.5 Å². The van der Waals surface area contributed by atoms with E-state index >= 15 is 0 Å². The molecule has 356 valence electrons. The highest BCUT2D eigenvalue weighted by Gasteiger charge is 2.54. The third-order valence-corrected chi connectivity index (χ3v) is 18.8. The van der Waals surface area contributed by atoms with Crippen LogP contribution in [0.1, 0.15) is 105 Å². The lowest BCUT2D eigenvalue weighted by Crippen LogP contribution is -2.50. The fourth-order valence-corrected chi connectivity index (χ4v) is 15.2. The number of carbonyl (C=O) groups is 1. The molecule has 7 atom stereocenters. The number of nitrogens with zero attached hydrogens (tertiary/aromatic N) is 4. The summed E-state index contributed by atoms with van der Waals surface area (Å²) in [4.78, 5) is 13.0. The van der Waals surface area contributed by atoms with Crippen LogP contribution in [0.2, 0.25) is 0 Å². The van der Waals surface area contributed by atoms with Gasteiger partial charge in [-0.1, -0.05) is 93.1 Å². The first-order valence-electron chi connectivity index (χ1n) is 23.4. The molecule has 2 N–H and O–H groups in total. The zero-order chi connectivity index (χ0) is 45.6. The van der Waals surface area contributed by atoms with Gasteiger partial charge in [-0.3, -0.25) is 4.79 Å². The molecule has 0 radical (unpaired) electrons. The van der Waals surface area contributed by atoms with E-state index in [0.29, 0.717) is 5.56 Å². The van der Waals surface area contributed by atoms with Crippen LogP contribution in [0.25, 0.3) is 23.5 Å². The second-order valence-corrected chi connectivity index (χ2v) is 22.1. The van der Waals surface area contributed by atoms with Crippen molar-refractivity contribution in [1.29, 1.82) is 0 Å². The SMILES string of the molecule is C.C[C@]12Cc3cnn(-c4ccc(F)cc4)c3C=C1CCC[C@@H]2[C@@H](O)C(=O)c1ccccc1.C[C@]12Cc3cnn(-c4ccc(F)cc4)c3C=C1CCC[C@@H]2[C@@H](O)C1(c2ccccc2)SCCCS1.P. The van der Waals surface area contributed by atoms with E-state index in [1.165, 1.54) is 53.0 Å². The van der Waals surface area contributed by atoms with Crippen LogP contribution in [0.5, 0.6) is 0 Å². The zero-order valence-corrected chi connectivity index (χ0v) is 41.2. The quantitative estimate of drug-likeness (QED) is 0.116. The smallest absolute Gasteiger partial charge is 0.191 e. The molecule has 4 aromatic carbocycles. The van der Waals surface area contributed by atoms with Crippen molar-refractivity contribution in [2.45, 2.75) is 95.3 Å². The molecule has 11 rings (SSSR count). The summed E-state index contributed by atoms with van der Waals surface area (Å²) in [5, 5.41) is 32.6. The van der Waals surface area contributed by atoms with Gasteiger partial charge < -0.3 is 10.2 Å². The summed E-state index contributed by atoms with van der Waals surface area (Å²) < 4.78 is 30.3. The van der Waals surface area contributed by atoms with Gasteiger partial charge in [0.05, 0.1) is 41.3 Å². The van der Waals surface area contributed by atoms with Crippen LogP contribution in [0.3, 0.4) is 0 Å². The third-order valence-electron chi connectivity index (χ3n) is 15.3. The summed E-state index contributed by atoms with van der Waals surface area (Å²) in [5.74, 6) is 1.46. The monoisotopic (exact) mass is 972 g/mol. The van der Waals surface area contributed by atoms with Gasteiger partial charge in [-0.05, 0) is 163 Å². The minimum atomic E-state index is -1.04. The Hall–Kier alpha value is -4.64. The summed E-state index contributed by atoms with van der Waals surface area (Å²) in [6.07, 6.45) is 15.5. The number of hydrogen-bond donors (Lipinski definition) is 2. The molecule has 7 nitrogen and oxygen atoms in total. The number of halogens is 2. The minimum Gasteiger partial charge on any atom is -0.390 e. The maximum absolute atomic E-state index is 13.5. The van der Waals surface area contributed by atoms with Crippen LogP contribution in [-0.4, -0.2) is 59.3 Å². The number of aliphatic hydroxyl groups is 2. The average molecular weight is 973 g/mol. The van der Waals surface area contributed by atoms with Gasteiger partial charge in [0.1, 0.15) is 21.8 Å². The third kappa shape index (κ3) is 9.03. The van der Waals surface area contributed by atoms with Crippen molar-refractivity contribution < 1.29 is 23.8 Å². The molecule has 3 heterocycles. The van der Waals surface area contributed by atoms with Gasteiger partial charge >= 0.3 is 0 Å². The van der Waals surface area contributed by atoms with Gasteiger partial charge in [0.25, 0.3) is 0 Å². The number of benzene rings is 4.